The number of aromatic nitrogens is 1. The van der Waals surface area contributed by atoms with Crippen LogP contribution < -0.4 is 5.32 Å². The molecular formula is C17H16N2O2. The third-order valence-corrected chi connectivity index (χ3v) is 2.84. The highest BCUT2D eigenvalue weighted by atomic mass is 16.2. The van der Waals surface area contributed by atoms with Crippen LogP contribution in [0.4, 0.5) is 0 Å². The molecular weight excluding hydrogens is 264 g/mol. The standard InChI is InChI=1S/C17H16N2O2/c1-13-4-2-6-16(19-13)17(21)18-12-15-9-7-14(8-10-15)5-3-11-20/h2,4,6-10,20H,11-12H2,1H3,(H,18,21). The molecule has 0 bridgehead atoms. The molecule has 1 amide bonds. The highest BCUT2D eigenvalue weighted by Crippen LogP contribution is 2.04. The number of rotatable bonds is 3. The van der Waals surface area contributed by atoms with Crippen molar-refractivity contribution in [3.05, 3.63) is 65.0 Å². The van der Waals surface area contributed by atoms with Crippen molar-refractivity contribution < 1.29 is 9.90 Å². The molecule has 0 aliphatic rings. The third-order valence-electron chi connectivity index (χ3n) is 2.84. The van der Waals surface area contributed by atoms with Gasteiger partial charge in [-0.2, -0.15) is 0 Å². The Balaban J connectivity index is 1.95. The van der Waals surface area contributed by atoms with E-state index in [0.717, 1.165) is 16.8 Å². The molecule has 1 aromatic carbocycles. The van der Waals surface area contributed by atoms with Crippen molar-refractivity contribution >= 4 is 5.91 Å². The van der Waals surface area contributed by atoms with Crippen molar-refractivity contribution in [3.63, 3.8) is 0 Å². The summed E-state index contributed by atoms with van der Waals surface area (Å²) < 4.78 is 0. The molecule has 1 aromatic heterocycles. The van der Waals surface area contributed by atoms with Gasteiger partial charge in [0.25, 0.3) is 5.91 Å². The number of benzene rings is 1. The van der Waals surface area contributed by atoms with Crippen LogP contribution in [0.2, 0.25) is 0 Å². The Kier molecular flexibility index (Phi) is 5.08. The molecule has 1 heterocycles. The zero-order chi connectivity index (χ0) is 15.1. The summed E-state index contributed by atoms with van der Waals surface area (Å²) in [5.41, 5.74) is 3.04. The number of amides is 1. The van der Waals surface area contributed by atoms with Crippen molar-refractivity contribution in [2.24, 2.45) is 0 Å². The van der Waals surface area contributed by atoms with E-state index in [1.165, 1.54) is 0 Å². The summed E-state index contributed by atoms with van der Waals surface area (Å²) in [6.07, 6.45) is 0. The molecule has 4 heteroatoms. The first-order valence-electron chi connectivity index (χ1n) is 6.59. The minimum absolute atomic E-state index is 0.151. The molecule has 106 valence electrons. The van der Waals surface area contributed by atoms with Crippen molar-refractivity contribution in [1.29, 1.82) is 0 Å². The molecule has 0 saturated heterocycles. The maximum atomic E-state index is 12.0. The van der Waals surface area contributed by atoms with E-state index in [2.05, 4.69) is 22.1 Å². The average Bonchev–Trinajstić information content (AvgIpc) is 2.51. The zero-order valence-electron chi connectivity index (χ0n) is 11.8. The Hall–Kier alpha value is -2.64. The molecule has 2 aromatic rings. The number of carbonyl (C=O) groups excluding carboxylic acids is 1. The normalized spacial score (nSPS) is 9.62. The Labute approximate surface area is 123 Å². The fraction of sp³-hybridized carbons (Fsp3) is 0.176. The van der Waals surface area contributed by atoms with E-state index < -0.39 is 0 Å². The topological polar surface area (TPSA) is 62.2 Å². The van der Waals surface area contributed by atoms with Gasteiger partial charge in [-0.25, -0.2) is 4.98 Å². The van der Waals surface area contributed by atoms with Gasteiger partial charge in [0.2, 0.25) is 0 Å². The second kappa shape index (κ2) is 7.22. The average molecular weight is 280 g/mol. The molecule has 4 nitrogen and oxygen atoms in total. The van der Waals surface area contributed by atoms with E-state index in [1.807, 2.05) is 43.3 Å². The molecule has 0 unspecified atom stereocenters. The van der Waals surface area contributed by atoms with Gasteiger partial charge in [-0.3, -0.25) is 4.79 Å². The predicted molar refractivity (Wildman–Crippen MR) is 80.6 cm³/mol. The monoisotopic (exact) mass is 280 g/mol. The smallest absolute Gasteiger partial charge is 0.270 e. The van der Waals surface area contributed by atoms with Crippen LogP contribution in [-0.4, -0.2) is 22.6 Å². The minimum atomic E-state index is -0.192. The summed E-state index contributed by atoms with van der Waals surface area (Å²) >= 11 is 0. The zero-order valence-corrected chi connectivity index (χ0v) is 11.8. The quantitative estimate of drug-likeness (QED) is 0.841. The largest absolute Gasteiger partial charge is 0.384 e. The highest BCUT2D eigenvalue weighted by Gasteiger charge is 2.06. The van der Waals surface area contributed by atoms with Crippen molar-refractivity contribution in [3.8, 4) is 11.8 Å². The number of aliphatic hydroxyl groups excluding tert-OH is 1. The van der Waals surface area contributed by atoms with E-state index in [4.69, 9.17) is 5.11 Å². The third kappa shape index (κ3) is 4.44. The first kappa shape index (κ1) is 14.8. The number of hydrogen-bond donors (Lipinski definition) is 2. The van der Waals surface area contributed by atoms with E-state index >= 15 is 0 Å². The fourth-order valence-corrected chi connectivity index (χ4v) is 1.79. The molecule has 0 atom stereocenters. The predicted octanol–water partition coefficient (Wildman–Crippen LogP) is 1.66. The van der Waals surface area contributed by atoms with Gasteiger partial charge in [-0.15, -0.1) is 0 Å². The van der Waals surface area contributed by atoms with Gasteiger partial charge in [-0.05, 0) is 36.8 Å². The highest BCUT2D eigenvalue weighted by molar-refractivity contribution is 5.92. The van der Waals surface area contributed by atoms with Crippen LogP contribution in [0.25, 0.3) is 0 Å². The molecule has 0 aliphatic carbocycles. The lowest BCUT2D eigenvalue weighted by Crippen LogP contribution is -2.23. The summed E-state index contributed by atoms with van der Waals surface area (Å²) in [5, 5.41) is 11.5. The van der Waals surface area contributed by atoms with E-state index in [1.54, 1.807) is 6.07 Å². The van der Waals surface area contributed by atoms with Crippen molar-refractivity contribution in [2.75, 3.05) is 6.61 Å². The summed E-state index contributed by atoms with van der Waals surface area (Å²) in [6.45, 7) is 2.13. The van der Waals surface area contributed by atoms with E-state index in [9.17, 15) is 4.79 Å². The first-order valence-corrected chi connectivity index (χ1v) is 6.59. The second-order valence-electron chi connectivity index (χ2n) is 4.50. The summed E-state index contributed by atoms with van der Waals surface area (Å²) in [7, 11) is 0. The number of pyridine rings is 1. The molecule has 0 fully saturated rings. The maximum Gasteiger partial charge on any atom is 0.270 e. The van der Waals surface area contributed by atoms with Gasteiger partial charge in [-0.1, -0.05) is 30.0 Å². The molecule has 0 saturated carbocycles. The summed E-state index contributed by atoms with van der Waals surface area (Å²) in [4.78, 5) is 16.1. The Morgan fingerprint density at radius 1 is 1.24 bits per heavy atom. The molecule has 21 heavy (non-hydrogen) atoms. The number of hydrogen-bond acceptors (Lipinski definition) is 3. The Morgan fingerprint density at radius 2 is 2.00 bits per heavy atom. The lowest BCUT2D eigenvalue weighted by atomic mass is 10.1. The van der Waals surface area contributed by atoms with Crippen LogP contribution in [0.5, 0.6) is 0 Å². The van der Waals surface area contributed by atoms with Gasteiger partial charge in [0, 0.05) is 17.8 Å². The number of aliphatic hydroxyl groups is 1. The van der Waals surface area contributed by atoms with Gasteiger partial charge < -0.3 is 10.4 Å². The van der Waals surface area contributed by atoms with Gasteiger partial charge in [0.1, 0.15) is 12.3 Å². The molecule has 0 aliphatic heterocycles. The second-order valence-corrected chi connectivity index (χ2v) is 4.50. The van der Waals surface area contributed by atoms with Gasteiger partial charge in [0.05, 0.1) is 0 Å². The van der Waals surface area contributed by atoms with Crippen LogP contribution in [-0.2, 0) is 6.54 Å². The molecule has 0 radical (unpaired) electrons. The van der Waals surface area contributed by atoms with Crippen LogP contribution >= 0.6 is 0 Å². The molecule has 0 spiro atoms. The fourth-order valence-electron chi connectivity index (χ4n) is 1.79. The van der Waals surface area contributed by atoms with Gasteiger partial charge in [0.15, 0.2) is 0 Å². The Bertz CT molecular complexity index is 682. The Morgan fingerprint density at radius 3 is 2.67 bits per heavy atom. The molecule has 2 rings (SSSR count). The van der Waals surface area contributed by atoms with Gasteiger partial charge >= 0.3 is 0 Å². The number of aryl methyl sites for hydroxylation is 1. The van der Waals surface area contributed by atoms with Crippen LogP contribution in [0.3, 0.4) is 0 Å². The SMILES string of the molecule is Cc1cccc(C(=O)NCc2ccc(C#CCO)cc2)n1. The maximum absolute atomic E-state index is 12.0. The lowest BCUT2D eigenvalue weighted by molar-refractivity contribution is 0.0945. The number of nitrogens with zero attached hydrogens (tertiary/aromatic N) is 1. The van der Waals surface area contributed by atoms with Crippen LogP contribution in [0.15, 0.2) is 42.5 Å². The van der Waals surface area contributed by atoms with E-state index in [0.29, 0.717) is 12.2 Å². The number of nitrogens with one attached hydrogen (secondary N) is 1. The summed E-state index contributed by atoms with van der Waals surface area (Å²) in [6, 6.07) is 12.9. The minimum Gasteiger partial charge on any atom is -0.384 e. The van der Waals surface area contributed by atoms with Crippen molar-refractivity contribution in [2.45, 2.75) is 13.5 Å². The van der Waals surface area contributed by atoms with Crippen LogP contribution in [0.1, 0.15) is 27.3 Å². The van der Waals surface area contributed by atoms with E-state index in [-0.39, 0.29) is 12.5 Å². The van der Waals surface area contributed by atoms with Crippen molar-refractivity contribution in [1.82, 2.24) is 10.3 Å². The first-order chi connectivity index (χ1) is 10.2. The lowest BCUT2D eigenvalue weighted by Gasteiger charge is -2.05. The number of carbonyl (C=O) groups is 1. The van der Waals surface area contributed by atoms with Crippen LogP contribution in [0, 0.1) is 18.8 Å². The summed E-state index contributed by atoms with van der Waals surface area (Å²) in [5.74, 6) is 5.22. The molecule has 2 N–H and O–H groups in total.